The molecule has 23 heavy (non-hydrogen) atoms. The minimum absolute atomic E-state index is 0.0316. The molecule has 2 nitrogen and oxygen atoms in total. The fourth-order valence-electron chi connectivity index (χ4n) is 2.61. The van der Waals surface area contributed by atoms with E-state index in [1.807, 2.05) is 87.5 Å². The van der Waals surface area contributed by atoms with Gasteiger partial charge in [-0.1, -0.05) is 42.5 Å². The van der Waals surface area contributed by atoms with E-state index in [-0.39, 0.29) is 11.4 Å². The molecule has 0 aliphatic heterocycles. The summed E-state index contributed by atoms with van der Waals surface area (Å²) < 4.78 is 5.80. The third-order valence-corrected chi connectivity index (χ3v) is 3.57. The van der Waals surface area contributed by atoms with Gasteiger partial charge in [-0.05, 0) is 55.8 Å². The molecule has 0 aliphatic carbocycles. The highest BCUT2D eigenvalue weighted by Crippen LogP contribution is 2.23. The topological polar surface area (TPSA) is 26.3 Å². The molecule has 0 spiro atoms. The summed E-state index contributed by atoms with van der Waals surface area (Å²) in [4.78, 5) is 12.8. The van der Waals surface area contributed by atoms with Gasteiger partial charge in [0.15, 0.2) is 5.78 Å². The van der Waals surface area contributed by atoms with Crippen LogP contribution in [0, 0.1) is 0 Å². The SMILES string of the molecule is CC(C)(C)Oc1ccc(C(=O)c2cccc3ccccc23)cc1. The Morgan fingerprint density at radius 3 is 2.17 bits per heavy atom. The summed E-state index contributed by atoms with van der Waals surface area (Å²) in [6.45, 7) is 6.01. The van der Waals surface area contributed by atoms with Gasteiger partial charge >= 0.3 is 0 Å². The number of hydrogen-bond donors (Lipinski definition) is 0. The number of rotatable bonds is 3. The molecule has 2 heteroatoms. The molecule has 0 unspecified atom stereocenters. The molecule has 0 heterocycles. The zero-order valence-electron chi connectivity index (χ0n) is 13.7. The Balaban J connectivity index is 1.93. The van der Waals surface area contributed by atoms with E-state index in [0.29, 0.717) is 5.56 Å². The lowest BCUT2D eigenvalue weighted by Crippen LogP contribution is -2.22. The Morgan fingerprint density at radius 2 is 1.48 bits per heavy atom. The van der Waals surface area contributed by atoms with E-state index in [1.165, 1.54) is 0 Å². The quantitative estimate of drug-likeness (QED) is 0.618. The lowest BCUT2D eigenvalue weighted by molar-refractivity contribution is 0.104. The lowest BCUT2D eigenvalue weighted by Gasteiger charge is -2.21. The molecule has 0 aromatic heterocycles. The maximum absolute atomic E-state index is 12.8. The number of hydrogen-bond acceptors (Lipinski definition) is 2. The van der Waals surface area contributed by atoms with Gasteiger partial charge in [-0.25, -0.2) is 0 Å². The molecule has 0 atom stereocenters. The fourth-order valence-corrected chi connectivity index (χ4v) is 2.61. The number of benzene rings is 3. The van der Waals surface area contributed by atoms with Crippen molar-refractivity contribution in [2.45, 2.75) is 26.4 Å². The van der Waals surface area contributed by atoms with Crippen molar-refractivity contribution in [2.24, 2.45) is 0 Å². The van der Waals surface area contributed by atoms with Gasteiger partial charge in [0.25, 0.3) is 0 Å². The highest BCUT2D eigenvalue weighted by molar-refractivity contribution is 6.16. The highest BCUT2D eigenvalue weighted by Gasteiger charge is 2.14. The zero-order valence-corrected chi connectivity index (χ0v) is 13.7. The van der Waals surface area contributed by atoms with Gasteiger partial charge in [-0.2, -0.15) is 0 Å². The second-order valence-corrected chi connectivity index (χ2v) is 6.59. The van der Waals surface area contributed by atoms with Crippen molar-refractivity contribution in [1.82, 2.24) is 0 Å². The molecular formula is C21H20O2. The van der Waals surface area contributed by atoms with Gasteiger partial charge in [0.2, 0.25) is 0 Å². The van der Waals surface area contributed by atoms with Gasteiger partial charge in [-0.15, -0.1) is 0 Å². The summed E-state index contributed by atoms with van der Waals surface area (Å²) in [6.07, 6.45) is 0. The van der Waals surface area contributed by atoms with Gasteiger partial charge in [-0.3, -0.25) is 4.79 Å². The van der Waals surface area contributed by atoms with E-state index in [4.69, 9.17) is 4.74 Å². The molecule has 0 saturated carbocycles. The normalized spacial score (nSPS) is 11.4. The number of carbonyl (C=O) groups is 1. The summed E-state index contributed by atoms with van der Waals surface area (Å²) in [7, 11) is 0. The van der Waals surface area contributed by atoms with E-state index in [0.717, 1.165) is 22.1 Å². The third-order valence-electron chi connectivity index (χ3n) is 3.57. The lowest BCUT2D eigenvalue weighted by atomic mass is 9.97. The Kier molecular flexibility index (Phi) is 3.91. The van der Waals surface area contributed by atoms with Crippen molar-refractivity contribution in [3.8, 4) is 5.75 Å². The summed E-state index contributed by atoms with van der Waals surface area (Å²) in [5.41, 5.74) is 1.15. The van der Waals surface area contributed by atoms with Crippen LogP contribution in [0.1, 0.15) is 36.7 Å². The van der Waals surface area contributed by atoms with Gasteiger partial charge in [0.1, 0.15) is 11.4 Å². The largest absolute Gasteiger partial charge is 0.488 e. The Labute approximate surface area is 136 Å². The minimum Gasteiger partial charge on any atom is -0.488 e. The summed E-state index contributed by atoms with van der Waals surface area (Å²) in [6, 6.07) is 21.1. The van der Waals surface area contributed by atoms with Crippen LogP contribution in [-0.2, 0) is 0 Å². The van der Waals surface area contributed by atoms with Gasteiger partial charge < -0.3 is 4.74 Å². The summed E-state index contributed by atoms with van der Waals surface area (Å²) in [5, 5.41) is 2.06. The van der Waals surface area contributed by atoms with Crippen LogP contribution in [0.4, 0.5) is 0 Å². The molecule has 0 aliphatic rings. The van der Waals surface area contributed by atoms with Crippen LogP contribution in [0.3, 0.4) is 0 Å². The first-order valence-corrected chi connectivity index (χ1v) is 7.76. The van der Waals surface area contributed by atoms with E-state index in [1.54, 1.807) is 0 Å². The van der Waals surface area contributed by atoms with Crippen molar-refractivity contribution in [3.63, 3.8) is 0 Å². The molecule has 0 amide bonds. The number of fused-ring (bicyclic) bond motifs is 1. The molecule has 0 radical (unpaired) electrons. The van der Waals surface area contributed by atoms with Crippen LogP contribution in [-0.4, -0.2) is 11.4 Å². The van der Waals surface area contributed by atoms with Crippen molar-refractivity contribution >= 4 is 16.6 Å². The molecule has 3 rings (SSSR count). The maximum atomic E-state index is 12.8. The van der Waals surface area contributed by atoms with Gasteiger partial charge in [0.05, 0.1) is 0 Å². The zero-order chi connectivity index (χ0) is 16.4. The minimum atomic E-state index is -0.249. The van der Waals surface area contributed by atoms with Crippen molar-refractivity contribution in [2.75, 3.05) is 0 Å². The Bertz CT molecular complexity index is 834. The summed E-state index contributed by atoms with van der Waals surface area (Å²) in [5.74, 6) is 0.802. The average molecular weight is 304 g/mol. The molecule has 0 bridgehead atoms. The van der Waals surface area contributed by atoms with Crippen LogP contribution in [0.2, 0.25) is 0 Å². The predicted octanol–water partition coefficient (Wildman–Crippen LogP) is 5.25. The van der Waals surface area contributed by atoms with Crippen molar-refractivity contribution in [3.05, 3.63) is 77.9 Å². The molecule has 0 saturated heterocycles. The van der Waals surface area contributed by atoms with Crippen LogP contribution in [0.15, 0.2) is 66.7 Å². The molecule has 3 aromatic carbocycles. The third kappa shape index (κ3) is 3.42. The van der Waals surface area contributed by atoms with E-state index in [2.05, 4.69) is 0 Å². The number of ketones is 1. The Morgan fingerprint density at radius 1 is 0.826 bits per heavy atom. The fraction of sp³-hybridized carbons (Fsp3) is 0.190. The molecule has 0 N–H and O–H groups in total. The van der Waals surface area contributed by atoms with Crippen molar-refractivity contribution in [1.29, 1.82) is 0 Å². The van der Waals surface area contributed by atoms with Crippen LogP contribution in [0.5, 0.6) is 5.75 Å². The molecule has 3 aromatic rings. The highest BCUT2D eigenvalue weighted by atomic mass is 16.5. The molecule has 116 valence electrons. The molecular weight excluding hydrogens is 284 g/mol. The van der Waals surface area contributed by atoms with Gasteiger partial charge in [0, 0.05) is 11.1 Å². The predicted molar refractivity (Wildman–Crippen MR) is 94.2 cm³/mol. The van der Waals surface area contributed by atoms with E-state index < -0.39 is 0 Å². The number of carbonyl (C=O) groups excluding carboxylic acids is 1. The van der Waals surface area contributed by atoms with Crippen LogP contribution in [0.25, 0.3) is 10.8 Å². The maximum Gasteiger partial charge on any atom is 0.193 e. The first kappa shape index (κ1) is 15.3. The first-order chi connectivity index (χ1) is 10.9. The Hall–Kier alpha value is -2.61. The average Bonchev–Trinajstić information content (AvgIpc) is 2.53. The van der Waals surface area contributed by atoms with Crippen molar-refractivity contribution < 1.29 is 9.53 Å². The first-order valence-electron chi connectivity index (χ1n) is 7.76. The second-order valence-electron chi connectivity index (χ2n) is 6.59. The smallest absolute Gasteiger partial charge is 0.193 e. The monoisotopic (exact) mass is 304 g/mol. The summed E-state index contributed by atoms with van der Waals surface area (Å²) >= 11 is 0. The van der Waals surface area contributed by atoms with E-state index >= 15 is 0 Å². The van der Waals surface area contributed by atoms with Crippen LogP contribution < -0.4 is 4.74 Å². The number of ether oxygens (including phenoxy) is 1. The second kappa shape index (κ2) is 5.88. The standard InChI is InChI=1S/C21H20O2/c1-21(2,3)23-17-13-11-16(12-14-17)20(22)19-10-6-8-15-7-4-5-9-18(15)19/h4-14H,1-3H3. The van der Waals surface area contributed by atoms with E-state index in [9.17, 15) is 4.79 Å². The van der Waals surface area contributed by atoms with Crippen LogP contribution >= 0.6 is 0 Å². The molecule has 0 fully saturated rings.